The number of anilines is 3. The van der Waals surface area contributed by atoms with E-state index in [1.165, 1.54) is 17.3 Å². The Balaban J connectivity index is 1.96. The van der Waals surface area contributed by atoms with Crippen LogP contribution in [0.15, 0.2) is 24.9 Å². The summed E-state index contributed by atoms with van der Waals surface area (Å²) in [6.45, 7) is 0. The molecule has 0 amide bonds. The lowest BCUT2D eigenvalue weighted by Crippen LogP contribution is -2.15. The summed E-state index contributed by atoms with van der Waals surface area (Å²) in [5, 5.41) is 11.1. The summed E-state index contributed by atoms with van der Waals surface area (Å²) in [6, 6.07) is 1.79. The van der Waals surface area contributed by atoms with Crippen molar-refractivity contribution in [3.63, 3.8) is 0 Å². The summed E-state index contributed by atoms with van der Waals surface area (Å²) >= 11 is 0. The van der Waals surface area contributed by atoms with E-state index in [9.17, 15) is 0 Å². The zero-order valence-electron chi connectivity index (χ0n) is 10.5. The highest BCUT2D eigenvalue weighted by atomic mass is 15.4. The molecule has 0 aliphatic rings. The number of hydrogen-bond donors (Lipinski definition) is 3. The third kappa shape index (κ3) is 2.37. The van der Waals surface area contributed by atoms with Gasteiger partial charge in [0, 0.05) is 19.3 Å². The molecule has 0 saturated carbocycles. The molecule has 3 aromatic rings. The van der Waals surface area contributed by atoms with E-state index in [1.807, 2.05) is 7.05 Å². The molecule has 0 bridgehead atoms. The summed E-state index contributed by atoms with van der Waals surface area (Å²) in [5.74, 6) is 6.71. The van der Waals surface area contributed by atoms with Crippen molar-refractivity contribution in [2.45, 2.75) is 0 Å². The first-order valence-electron chi connectivity index (χ1n) is 5.59. The summed E-state index contributed by atoms with van der Waals surface area (Å²) in [7, 11) is 1.81. The molecule has 0 aliphatic heterocycles. The molecule has 4 N–H and O–H groups in total. The summed E-state index contributed by atoms with van der Waals surface area (Å²) < 4.78 is 3.05. The monoisotopic (exact) mass is 273 g/mol. The maximum absolute atomic E-state index is 5.34. The number of nitrogens with two attached hydrogens (primary N) is 1. The van der Waals surface area contributed by atoms with Crippen LogP contribution in [-0.4, -0.2) is 39.5 Å². The van der Waals surface area contributed by atoms with Gasteiger partial charge in [-0.2, -0.15) is 29.8 Å². The first-order valence-corrected chi connectivity index (χ1v) is 5.59. The van der Waals surface area contributed by atoms with Gasteiger partial charge in [0.25, 0.3) is 5.95 Å². The third-order valence-corrected chi connectivity index (χ3v) is 2.33. The highest BCUT2D eigenvalue weighted by Crippen LogP contribution is 2.12. The maximum atomic E-state index is 5.34. The van der Waals surface area contributed by atoms with Crippen LogP contribution in [0.1, 0.15) is 0 Å². The van der Waals surface area contributed by atoms with Crippen LogP contribution in [0.5, 0.6) is 0 Å². The van der Waals surface area contributed by atoms with E-state index in [0.29, 0.717) is 5.82 Å². The summed E-state index contributed by atoms with van der Waals surface area (Å²) in [5.41, 5.74) is 2.37. The van der Waals surface area contributed by atoms with Crippen LogP contribution >= 0.6 is 0 Å². The van der Waals surface area contributed by atoms with Crippen LogP contribution in [0.4, 0.5) is 17.7 Å². The Morgan fingerprint density at radius 1 is 1.20 bits per heavy atom. The Hall–Kier alpha value is -3.08. The van der Waals surface area contributed by atoms with Crippen LogP contribution in [0, 0.1) is 0 Å². The molecule has 0 spiro atoms. The van der Waals surface area contributed by atoms with Gasteiger partial charge in [-0.3, -0.25) is 10.1 Å². The topological polar surface area (TPSA) is 137 Å². The second-order valence-corrected chi connectivity index (χ2v) is 3.77. The van der Waals surface area contributed by atoms with Gasteiger partial charge in [0.05, 0.1) is 0 Å². The molecule has 0 unspecified atom stereocenters. The van der Waals surface area contributed by atoms with Crippen molar-refractivity contribution in [3.05, 3.63) is 24.9 Å². The minimum absolute atomic E-state index is 0.198. The van der Waals surface area contributed by atoms with E-state index in [0.717, 1.165) is 0 Å². The number of nitrogen functional groups attached to an aromatic ring is 1. The number of hydrazine groups is 1. The first kappa shape index (κ1) is 12.0. The molecule has 0 fully saturated rings. The average Bonchev–Trinajstić information content (AvgIpc) is 3.10. The minimum atomic E-state index is 0.198. The van der Waals surface area contributed by atoms with Gasteiger partial charge < -0.3 is 5.32 Å². The highest BCUT2D eigenvalue weighted by Gasteiger charge is 2.09. The largest absolute Gasteiger partial charge is 0.307 e. The van der Waals surface area contributed by atoms with Crippen molar-refractivity contribution in [1.29, 1.82) is 0 Å². The fraction of sp³-hybridized carbons (Fsp3) is 0.111. The van der Waals surface area contributed by atoms with Crippen molar-refractivity contribution in [1.82, 2.24) is 39.5 Å². The normalized spacial score (nSPS) is 10.5. The number of nitrogens with one attached hydrogen (secondary N) is 2. The van der Waals surface area contributed by atoms with Crippen molar-refractivity contribution in [2.24, 2.45) is 12.9 Å². The lowest BCUT2D eigenvalue weighted by atomic mass is 10.6. The summed E-state index contributed by atoms with van der Waals surface area (Å²) in [6.07, 6.45) is 4.65. The Kier molecular flexibility index (Phi) is 2.93. The fourth-order valence-corrected chi connectivity index (χ4v) is 1.50. The number of nitrogens with zero attached hydrogens (tertiary/aromatic N) is 8. The number of rotatable bonds is 4. The molecule has 20 heavy (non-hydrogen) atoms. The number of aromatic nitrogens is 8. The zero-order chi connectivity index (χ0) is 13.9. The van der Waals surface area contributed by atoms with Crippen molar-refractivity contribution in [2.75, 3.05) is 10.7 Å². The highest BCUT2D eigenvalue weighted by molar-refractivity contribution is 5.49. The summed E-state index contributed by atoms with van der Waals surface area (Å²) in [4.78, 5) is 16.2. The number of aryl methyl sites for hydroxylation is 1. The van der Waals surface area contributed by atoms with Crippen molar-refractivity contribution >= 4 is 17.7 Å². The smallest absolute Gasteiger partial charge is 0.258 e. The molecule has 102 valence electrons. The molecule has 11 nitrogen and oxygen atoms in total. The van der Waals surface area contributed by atoms with Gasteiger partial charge in [-0.05, 0) is 0 Å². The lowest BCUT2D eigenvalue weighted by Gasteiger charge is -2.06. The van der Waals surface area contributed by atoms with Gasteiger partial charge in [-0.1, -0.05) is 0 Å². The Morgan fingerprint density at radius 2 is 2.05 bits per heavy atom. The molecule has 0 atom stereocenters. The van der Waals surface area contributed by atoms with Gasteiger partial charge in [0.2, 0.25) is 11.9 Å². The van der Waals surface area contributed by atoms with Gasteiger partial charge in [0.1, 0.15) is 12.7 Å². The fourth-order valence-electron chi connectivity index (χ4n) is 1.50. The molecule has 0 radical (unpaired) electrons. The van der Waals surface area contributed by atoms with Crippen molar-refractivity contribution < 1.29 is 0 Å². The second kappa shape index (κ2) is 4.89. The lowest BCUT2D eigenvalue weighted by molar-refractivity contribution is 0.769. The zero-order valence-corrected chi connectivity index (χ0v) is 10.5. The van der Waals surface area contributed by atoms with Crippen LogP contribution in [0.2, 0.25) is 0 Å². The van der Waals surface area contributed by atoms with E-state index in [4.69, 9.17) is 5.84 Å². The van der Waals surface area contributed by atoms with E-state index in [1.54, 1.807) is 16.9 Å². The maximum Gasteiger partial charge on any atom is 0.258 e. The minimum Gasteiger partial charge on any atom is -0.307 e. The first-order chi connectivity index (χ1) is 9.74. The van der Waals surface area contributed by atoms with E-state index in [2.05, 4.69) is 40.9 Å². The molecule has 0 aliphatic carbocycles. The Morgan fingerprint density at radius 3 is 2.70 bits per heavy atom. The number of hydrogen-bond acceptors (Lipinski definition) is 9. The molecule has 3 heterocycles. The third-order valence-electron chi connectivity index (χ3n) is 2.33. The predicted octanol–water partition coefficient (Wildman–Crippen LogP) is -0.785. The molecule has 0 aromatic carbocycles. The molecule has 0 saturated heterocycles. The van der Waals surface area contributed by atoms with Crippen LogP contribution in [0.3, 0.4) is 0 Å². The molecule has 3 aromatic heterocycles. The van der Waals surface area contributed by atoms with Gasteiger partial charge in [0.15, 0.2) is 5.82 Å². The molecule has 11 heteroatoms. The molecule has 3 rings (SSSR count). The van der Waals surface area contributed by atoms with Gasteiger partial charge in [-0.25, -0.2) is 10.8 Å². The Bertz CT molecular complexity index is 701. The second-order valence-electron chi connectivity index (χ2n) is 3.77. The predicted molar refractivity (Wildman–Crippen MR) is 69.0 cm³/mol. The molecular formula is C9H11N11. The van der Waals surface area contributed by atoms with E-state index < -0.39 is 0 Å². The Labute approximate surface area is 112 Å². The van der Waals surface area contributed by atoms with E-state index in [-0.39, 0.29) is 17.8 Å². The van der Waals surface area contributed by atoms with Crippen molar-refractivity contribution in [3.8, 4) is 5.95 Å². The van der Waals surface area contributed by atoms with Gasteiger partial charge in [-0.15, -0.1) is 0 Å². The molecular weight excluding hydrogens is 262 g/mol. The average molecular weight is 273 g/mol. The standard InChI is InChI=1S/C9H11N11/c1-19-3-2-6(18-19)13-7-14-8(17-10)16-9(15-7)20-5-11-4-12-20/h2-5H,10H2,1H3,(H2,13,14,15,16,17,18). The van der Waals surface area contributed by atoms with Crippen LogP contribution < -0.4 is 16.6 Å². The SMILES string of the molecule is Cn1ccc(Nc2nc(NN)nc(-n3cncn3)n2)n1. The van der Waals surface area contributed by atoms with Crippen LogP contribution in [-0.2, 0) is 7.05 Å². The van der Waals surface area contributed by atoms with E-state index >= 15 is 0 Å². The van der Waals surface area contributed by atoms with Gasteiger partial charge >= 0.3 is 0 Å². The quantitative estimate of drug-likeness (QED) is 0.412. The van der Waals surface area contributed by atoms with Crippen LogP contribution in [0.25, 0.3) is 5.95 Å².